The number of benzene rings is 1. The zero-order valence-corrected chi connectivity index (χ0v) is 20.5. The van der Waals surface area contributed by atoms with Gasteiger partial charge in [-0.1, -0.05) is 27.7 Å². The van der Waals surface area contributed by atoms with Gasteiger partial charge in [-0.15, -0.1) is 11.8 Å². The second-order valence-electron chi connectivity index (χ2n) is 9.10. The number of nitrogens with zero attached hydrogens (tertiary/aromatic N) is 2. The molecule has 8 heteroatoms. The number of hydrogen-bond acceptors (Lipinski definition) is 8. The molecular formula is C23H37N3O4S. The fourth-order valence-corrected chi connectivity index (χ4v) is 4.95. The smallest absolute Gasteiger partial charge is 0.325 e. The quantitative estimate of drug-likeness (QED) is 0.130. The van der Waals surface area contributed by atoms with Crippen molar-refractivity contribution in [1.82, 2.24) is 0 Å². The van der Waals surface area contributed by atoms with Crippen molar-refractivity contribution in [2.75, 3.05) is 37.0 Å². The van der Waals surface area contributed by atoms with Crippen LogP contribution in [0.3, 0.4) is 0 Å². The summed E-state index contributed by atoms with van der Waals surface area (Å²) in [5.41, 5.74) is 9.27. The maximum atomic E-state index is 12.2. The van der Waals surface area contributed by atoms with E-state index in [1.807, 2.05) is 25.1 Å². The Morgan fingerprint density at radius 1 is 1.35 bits per heavy atom. The normalized spacial score (nSPS) is 19.0. The maximum Gasteiger partial charge on any atom is 0.325 e. The van der Waals surface area contributed by atoms with Crippen molar-refractivity contribution in [2.24, 2.45) is 16.4 Å². The van der Waals surface area contributed by atoms with Gasteiger partial charge in [0.15, 0.2) is 0 Å². The van der Waals surface area contributed by atoms with E-state index in [4.69, 9.17) is 19.7 Å². The Bertz CT molecular complexity index is 747. The van der Waals surface area contributed by atoms with Crippen LogP contribution in [0.2, 0.25) is 0 Å². The van der Waals surface area contributed by atoms with E-state index >= 15 is 0 Å². The lowest BCUT2D eigenvalue weighted by molar-refractivity contribution is -0.143. The van der Waals surface area contributed by atoms with Crippen molar-refractivity contribution in [3.8, 4) is 0 Å². The molecule has 1 aliphatic heterocycles. The summed E-state index contributed by atoms with van der Waals surface area (Å²) in [6, 6.07) is 5.62. The highest BCUT2D eigenvalue weighted by Crippen LogP contribution is 2.41. The molecule has 2 rings (SSSR count). The molecule has 2 unspecified atom stereocenters. The van der Waals surface area contributed by atoms with E-state index in [9.17, 15) is 4.79 Å². The van der Waals surface area contributed by atoms with Crippen LogP contribution in [0, 0.1) is 16.9 Å². The molecule has 7 nitrogen and oxygen atoms in total. The predicted molar refractivity (Wildman–Crippen MR) is 124 cm³/mol. The molecular weight excluding hydrogens is 414 g/mol. The maximum absolute atomic E-state index is 12.2. The topological polar surface area (TPSA) is 87.5 Å². The van der Waals surface area contributed by atoms with E-state index in [-0.39, 0.29) is 12.5 Å². The number of hydrogen-bond donors (Lipinski definition) is 1. The summed E-state index contributed by atoms with van der Waals surface area (Å²) in [5.74, 6) is 0.281. The van der Waals surface area contributed by atoms with Gasteiger partial charge in [0.05, 0.1) is 12.3 Å². The zero-order chi connectivity index (χ0) is 23.1. The molecule has 1 fully saturated rings. The van der Waals surface area contributed by atoms with E-state index < -0.39 is 5.91 Å². The number of ether oxygens (including phenoxy) is 3. The fraction of sp³-hybridized carbons (Fsp3) is 0.696. The Morgan fingerprint density at radius 3 is 2.61 bits per heavy atom. The van der Waals surface area contributed by atoms with E-state index in [0.717, 1.165) is 22.8 Å². The van der Waals surface area contributed by atoms with E-state index in [1.165, 1.54) is 6.42 Å². The molecule has 1 aliphatic rings. The molecule has 0 bridgehead atoms. The average Bonchev–Trinajstić information content (AvgIpc) is 3.45. The monoisotopic (exact) mass is 451 g/mol. The summed E-state index contributed by atoms with van der Waals surface area (Å²) < 4.78 is 16.6. The standard InChI is InChI=1S/C23H37N3O4S/c1-7-28-21(27)15-26(23(16-30-23)29-8-2)18-9-10-19(25-24)20(13-18)31-12-11-17(3)14-22(4,5)6/h9-10,13,17,24H,7-8,11-12,14-16H2,1-6H3. The molecule has 0 saturated carbocycles. The van der Waals surface area contributed by atoms with Crippen LogP contribution in [0.25, 0.3) is 0 Å². The first-order chi connectivity index (χ1) is 14.6. The van der Waals surface area contributed by atoms with Crippen molar-refractivity contribution < 1.29 is 19.0 Å². The third-order valence-electron chi connectivity index (χ3n) is 4.97. The van der Waals surface area contributed by atoms with Gasteiger partial charge in [-0.2, -0.15) is 5.11 Å². The first-order valence-corrected chi connectivity index (χ1v) is 12.0. The van der Waals surface area contributed by atoms with Gasteiger partial charge in [0.25, 0.3) is 5.91 Å². The van der Waals surface area contributed by atoms with Gasteiger partial charge in [0, 0.05) is 17.2 Å². The van der Waals surface area contributed by atoms with Crippen molar-refractivity contribution in [3.63, 3.8) is 0 Å². The number of carbonyl (C=O) groups is 1. The molecule has 0 amide bonds. The van der Waals surface area contributed by atoms with Gasteiger partial charge in [0.2, 0.25) is 0 Å². The molecule has 0 aliphatic carbocycles. The lowest BCUT2D eigenvalue weighted by Gasteiger charge is -2.30. The Balaban J connectivity index is 2.18. The SMILES string of the molecule is CCOC(=O)CN(c1ccc(N=N)c(SCCC(C)CC(C)(C)C)c1)C1(OCC)CO1. The summed E-state index contributed by atoms with van der Waals surface area (Å²) in [6.45, 7) is 14.0. The molecule has 0 aromatic heterocycles. The van der Waals surface area contributed by atoms with Crippen LogP contribution in [0.4, 0.5) is 11.4 Å². The minimum atomic E-state index is -0.940. The number of anilines is 1. The highest BCUT2D eigenvalue weighted by molar-refractivity contribution is 7.99. The van der Waals surface area contributed by atoms with Gasteiger partial charge in [-0.3, -0.25) is 4.79 Å². The van der Waals surface area contributed by atoms with Crippen LogP contribution in [-0.4, -0.2) is 44.0 Å². The average molecular weight is 452 g/mol. The van der Waals surface area contributed by atoms with Gasteiger partial charge < -0.3 is 19.1 Å². The first-order valence-electron chi connectivity index (χ1n) is 11.0. The Kier molecular flexibility index (Phi) is 9.33. The van der Waals surface area contributed by atoms with Gasteiger partial charge in [-0.25, -0.2) is 5.53 Å². The van der Waals surface area contributed by atoms with Crippen LogP contribution in [0.5, 0.6) is 0 Å². The number of epoxide rings is 1. The van der Waals surface area contributed by atoms with Crippen molar-refractivity contribution >= 4 is 29.1 Å². The van der Waals surface area contributed by atoms with Crippen LogP contribution in [0.15, 0.2) is 28.2 Å². The van der Waals surface area contributed by atoms with Crippen molar-refractivity contribution in [2.45, 2.75) is 65.2 Å². The largest absolute Gasteiger partial charge is 0.465 e. The minimum absolute atomic E-state index is 0.0257. The van der Waals surface area contributed by atoms with Crippen molar-refractivity contribution in [3.05, 3.63) is 18.2 Å². The molecule has 1 heterocycles. The summed E-state index contributed by atoms with van der Waals surface area (Å²) in [6.07, 6.45) is 2.26. The Morgan fingerprint density at radius 2 is 2.06 bits per heavy atom. The molecule has 1 N–H and O–H groups in total. The van der Waals surface area contributed by atoms with Gasteiger partial charge in [0.1, 0.15) is 13.2 Å². The van der Waals surface area contributed by atoms with Crippen LogP contribution >= 0.6 is 11.8 Å². The second-order valence-corrected chi connectivity index (χ2v) is 10.2. The molecule has 1 saturated heterocycles. The van der Waals surface area contributed by atoms with E-state index in [2.05, 4.69) is 32.8 Å². The number of carbonyl (C=O) groups excluding carboxylic acids is 1. The number of esters is 1. The summed E-state index contributed by atoms with van der Waals surface area (Å²) >= 11 is 1.69. The van der Waals surface area contributed by atoms with Crippen molar-refractivity contribution in [1.29, 1.82) is 5.53 Å². The Hall–Kier alpha value is -1.64. The second kappa shape index (κ2) is 11.3. The molecule has 1 aromatic carbocycles. The lowest BCUT2D eigenvalue weighted by Crippen LogP contribution is -2.44. The number of thioether (sulfide) groups is 1. The number of rotatable bonds is 13. The van der Waals surface area contributed by atoms with Crippen LogP contribution in [0.1, 0.15) is 54.4 Å². The molecule has 31 heavy (non-hydrogen) atoms. The third kappa shape index (κ3) is 7.77. The molecule has 174 valence electrons. The van der Waals surface area contributed by atoms with E-state index in [1.54, 1.807) is 23.6 Å². The van der Waals surface area contributed by atoms with Gasteiger partial charge >= 0.3 is 5.97 Å². The number of nitrogens with one attached hydrogen (secondary N) is 1. The molecule has 2 atom stereocenters. The molecule has 0 spiro atoms. The first kappa shape index (κ1) is 25.6. The highest BCUT2D eigenvalue weighted by atomic mass is 32.2. The van der Waals surface area contributed by atoms with Gasteiger partial charge in [-0.05, 0) is 62.0 Å². The van der Waals surface area contributed by atoms with Crippen LogP contribution in [-0.2, 0) is 19.0 Å². The summed E-state index contributed by atoms with van der Waals surface area (Å²) in [7, 11) is 0. The Labute approximate surface area is 190 Å². The van der Waals surface area contributed by atoms with Crippen LogP contribution < -0.4 is 4.90 Å². The summed E-state index contributed by atoms with van der Waals surface area (Å²) in [4.78, 5) is 15.0. The zero-order valence-electron chi connectivity index (χ0n) is 19.7. The lowest BCUT2D eigenvalue weighted by atomic mass is 9.84. The highest BCUT2D eigenvalue weighted by Gasteiger charge is 2.53. The summed E-state index contributed by atoms with van der Waals surface area (Å²) in [5, 5.41) is 3.69. The molecule has 1 aromatic rings. The predicted octanol–water partition coefficient (Wildman–Crippen LogP) is 5.99. The van der Waals surface area contributed by atoms with E-state index in [0.29, 0.717) is 36.8 Å². The third-order valence-corrected chi connectivity index (χ3v) is 6.05. The molecule has 0 radical (unpaired) electrons. The fourth-order valence-electron chi connectivity index (χ4n) is 3.74. The minimum Gasteiger partial charge on any atom is -0.465 e.